The topological polar surface area (TPSA) is 144 Å². The van der Waals surface area contributed by atoms with Crippen LogP contribution in [0.15, 0.2) is 0 Å². The Kier molecular flexibility index (Phi) is 7.11. The monoisotopic (exact) mass is 290 g/mol. The molecule has 0 aliphatic carbocycles. The molecule has 0 rings (SSSR count). The molecule has 0 saturated carbocycles. The van der Waals surface area contributed by atoms with E-state index in [9.17, 15) is 18.0 Å². The van der Waals surface area contributed by atoms with Gasteiger partial charge < -0.3 is 9.47 Å². The highest BCUT2D eigenvalue weighted by molar-refractivity contribution is 7.86. The summed E-state index contributed by atoms with van der Waals surface area (Å²) in [4.78, 5) is 22.5. The van der Waals surface area contributed by atoms with Gasteiger partial charge in [0.2, 0.25) is 0 Å². The van der Waals surface area contributed by atoms with Gasteiger partial charge in [-0.1, -0.05) is 0 Å². The van der Waals surface area contributed by atoms with E-state index in [1.807, 2.05) is 0 Å². The first-order valence-electron chi connectivity index (χ1n) is 4.74. The van der Waals surface area contributed by atoms with Gasteiger partial charge in [0.05, 0.1) is 12.7 Å². The smallest absolute Gasteiger partial charge is 0.338 e. The Morgan fingerprint density at radius 1 is 1.16 bits per heavy atom. The average molecular weight is 290 g/mol. The van der Waals surface area contributed by atoms with E-state index in [2.05, 4.69) is 13.7 Å². The van der Waals surface area contributed by atoms with Crippen molar-refractivity contribution in [3.8, 4) is 12.1 Å². The number of esters is 2. The van der Waals surface area contributed by atoms with Crippen molar-refractivity contribution in [2.45, 2.75) is 12.5 Å². The van der Waals surface area contributed by atoms with Crippen LogP contribution in [0.2, 0.25) is 0 Å². The minimum atomic E-state index is -4.02. The van der Waals surface area contributed by atoms with Gasteiger partial charge >= 0.3 is 11.9 Å². The van der Waals surface area contributed by atoms with E-state index < -0.39 is 47.8 Å². The van der Waals surface area contributed by atoms with Crippen molar-refractivity contribution in [3.05, 3.63) is 0 Å². The zero-order chi connectivity index (χ0) is 14.9. The fraction of sp³-hybridized carbons (Fsp3) is 0.556. The van der Waals surface area contributed by atoms with Gasteiger partial charge in [0.1, 0.15) is 12.1 Å². The molecule has 104 valence electrons. The molecule has 0 aromatic heterocycles. The summed E-state index contributed by atoms with van der Waals surface area (Å²) in [5.41, 5.74) is 0. The molecule has 10 heteroatoms. The molecule has 0 N–H and O–H groups in total. The van der Waals surface area contributed by atoms with Crippen LogP contribution in [-0.2, 0) is 33.4 Å². The van der Waals surface area contributed by atoms with Crippen molar-refractivity contribution in [1.82, 2.24) is 0 Å². The quantitative estimate of drug-likeness (QED) is 0.419. The fourth-order valence-corrected chi connectivity index (χ4v) is 1.46. The molecule has 0 spiro atoms. The first-order chi connectivity index (χ1) is 8.80. The minimum absolute atomic E-state index is 0.544. The molecule has 0 amide bonds. The Labute approximate surface area is 109 Å². The van der Waals surface area contributed by atoms with E-state index in [1.165, 1.54) is 12.1 Å². The summed E-state index contributed by atoms with van der Waals surface area (Å²) in [6.45, 7) is -1.16. The third-order valence-electron chi connectivity index (χ3n) is 1.48. The summed E-state index contributed by atoms with van der Waals surface area (Å²) in [5.74, 6) is -2.20. The summed E-state index contributed by atoms with van der Waals surface area (Å²) in [5, 5.41) is 16.4. The molecular formula is C9H10N2O7S. The number of ether oxygens (including phenoxy) is 2. The van der Waals surface area contributed by atoms with Gasteiger partial charge in [0, 0.05) is 0 Å². The van der Waals surface area contributed by atoms with Gasteiger partial charge in [-0.15, -0.1) is 0 Å². The molecule has 19 heavy (non-hydrogen) atoms. The summed E-state index contributed by atoms with van der Waals surface area (Å²) in [6.07, 6.45) is -1.83. The highest BCUT2D eigenvalue weighted by atomic mass is 32.2. The summed E-state index contributed by atoms with van der Waals surface area (Å²) in [7, 11) is -4.02. The lowest BCUT2D eigenvalue weighted by Crippen LogP contribution is -2.32. The second kappa shape index (κ2) is 8.02. The SMILES string of the molecule is CS(=O)(=O)OC(CC(=O)OCC#N)C(=O)OCC#N. The first-order valence-corrected chi connectivity index (χ1v) is 6.56. The van der Waals surface area contributed by atoms with Crippen molar-refractivity contribution in [3.63, 3.8) is 0 Å². The molecule has 9 nitrogen and oxygen atoms in total. The van der Waals surface area contributed by atoms with Crippen molar-refractivity contribution in [2.24, 2.45) is 0 Å². The third kappa shape index (κ3) is 8.54. The largest absolute Gasteiger partial charge is 0.450 e. The Morgan fingerprint density at radius 2 is 1.68 bits per heavy atom. The molecular weight excluding hydrogens is 280 g/mol. The number of hydrogen-bond acceptors (Lipinski definition) is 9. The average Bonchev–Trinajstić information content (AvgIpc) is 2.30. The number of nitrogens with zero attached hydrogens (tertiary/aromatic N) is 2. The zero-order valence-electron chi connectivity index (χ0n) is 9.86. The number of hydrogen-bond donors (Lipinski definition) is 0. The molecule has 0 aromatic carbocycles. The summed E-state index contributed by atoms with van der Waals surface area (Å²) >= 11 is 0. The van der Waals surface area contributed by atoms with Crippen LogP contribution in [0.25, 0.3) is 0 Å². The Balaban J connectivity index is 4.69. The van der Waals surface area contributed by atoms with Crippen LogP contribution in [0.1, 0.15) is 6.42 Å². The van der Waals surface area contributed by atoms with E-state index >= 15 is 0 Å². The maximum atomic E-state index is 11.4. The molecule has 1 unspecified atom stereocenters. The number of rotatable bonds is 7. The highest BCUT2D eigenvalue weighted by Crippen LogP contribution is 2.07. The molecule has 0 saturated heterocycles. The van der Waals surface area contributed by atoms with Crippen LogP contribution in [0.3, 0.4) is 0 Å². The van der Waals surface area contributed by atoms with Gasteiger partial charge in [-0.3, -0.25) is 8.98 Å². The minimum Gasteiger partial charge on any atom is -0.450 e. The van der Waals surface area contributed by atoms with Crippen LogP contribution >= 0.6 is 0 Å². The van der Waals surface area contributed by atoms with Gasteiger partial charge in [0.15, 0.2) is 19.3 Å². The predicted molar refractivity (Wildman–Crippen MR) is 57.5 cm³/mol. The van der Waals surface area contributed by atoms with E-state index in [0.717, 1.165) is 0 Å². The maximum absolute atomic E-state index is 11.4. The first kappa shape index (κ1) is 16.8. The van der Waals surface area contributed by atoms with Crippen molar-refractivity contribution in [1.29, 1.82) is 10.5 Å². The second-order valence-electron chi connectivity index (χ2n) is 3.08. The second-order valence-corrected chi connectivity index (χ2v) is 4.68. The van der Waals surface area contributed by atoms with Crippen LogP contribution in [0.5, 0.6) is 0 Å². The van der Waals surface area contributed by atoms with Crippen molar-refractivity contribution < 1.29 is 31.7 Å². The van der Waals surface area contributed by atoms with Gasteiger partial charge in [-0.2, -0.15) is 18.9 Å². The van der Waals surface area contributed by atoms with Crippen LogP contribution in [0.4, 0.5) is 0 Å². The molecule has 0 aliphatic heterocycles. The molecule has 0 aliphatic rings. The van der Waals surface area contributed by atoms with Gasteiger partial charge in [0.25, 0.3) is 10.1 Å². The third-order valence-corrected chi connectivity index (χ3v) is 2.06. The number of carbonyl (C=O) groups is 2. The molecule has 1 atom stereocenters. The Hall–Kier alpha value is -2.17. The lowest BCUT2D eigenvalue weighted by Gasteiger charge is -2.13. The van der Waals surface area contributed by atoms with Gasteiger partial charge in [-0.05, 0) is 0 Å². The van der Waals surface area contributed by atoms with Crippen LogP contribution < -0.4 is 0 Å². The van der Waals surface area contributed by atoms with E-state index in [1.54, 1.807) is 0 Å². The zero-order valence-corrected chi connectivity index (χ0v) is 10.7. The summed E-state index contributed by atoms with van der Waals surface area (Å²) in [6, 6.07) is 3.02. The molecule has 0 aromatic rings. The lowest BCUT2D eigenvalue weighted by atomic mass is 10.2. The molecule has 0 radical (unpaired) electrons. The Morgan fingerprint density at radius 3 is 2.16 bits per heavy atom. The molecule has 0 fully saturated rings. The van der Waals surface area contributed by atoms with Crippen molar-refractivity contribution in [2.75, 3.05) is 19.5 Å². The van der Waals surface area contributed by atoms with E-state index in [-0.39, 0.29) is 0 Å². The molecule has 0 heterocycles. The number of nitriles is 2. The predicted octanol–water partition coefficient (Wildman–Crippen LogP) is -1.15. The molecule has 0 bridgehead atoms. The normalized spacial score (nSPS) is 11.7. The lowest BCUT2D eigenvalue weighted by molar-refractivity contribution is -0.156. The maximum Gasteiger partial charge on any atom is 0.338 e. The van der Waals surface area contributed by atoms with E-state index in [0.29, 0.717) is 6.26 Å². The van der Waals surface area contributed by atoms with Crippen molar-refractivity contribution >= 4 is 22.1 Å². The standard InChI is InChI=1S/C9H10N2O7S/c1-19(14,15)18-7(9(13)17-5-3-11)6-8(12)16-4-2-10/h7H,4-6H2,1H3. The van der Waals surface area contributed by atoms with Gasteiger partial charge in [-0.25, -0.2) is 4.79 Å². The number of carbonyl (C=O) groups excluding carboxylic acids is 2. The fourth-order valence-electron chi connectivity index (χ4n) is 0.887. The Bertz CT molecular complexity index is 514. The summed E-state index contributed by atoms with van der Waals surface area (Å²) < 4.78 is 34.9. The highest BCUT2D eigenvalue weighted by Gasteiger charge is 2.29. The van der Waals surface area contributed by atoms with Crippen LogP contribution in [0, 0.1) is 22.7 Å². The van der Waals surface area contributed by atoms with Crippen LogP contribution in [-0.4, -0.2) is 45.9 Å². The van der Waals surface area contributed by atoms with E-state index in [4.69, 9.17) is 10.5 Å².